The fourth-order valence-electron chi connectivity index (χ4n) is 2.92. The first-order valence-electron chi connectivity index (χ1n) is 8.51. The van der Waals surface area contributed by atoms with Gasteiger partial charge in [0.15, 0.2) is 0 Å². The van der Waals surface area contributed by atoms with Crippen molar-refractivity contribution in [3.05, 3.63) is 100.0 Å². The van der Waals surface area contributed by atoms with Crippen LogP contribution in [-0.2, 0) is 6.61 Å². The second-order valence-electron chi connectivity index (χ2n) is 6.28. The van der Waals surface area contributed by atoms with Crippen LogP contribution >= 0.6 is 11.8 Å². The van der Waals surface area contributed by atoms with Crippen LogP contribution in [0.5, 0.6) is 5.75 Å². The number of ether oxygens (including phenoxy) is 1. The maximum Gasteiger partial charge on any atom is 0.200 e. The van der Waals surface area contributed by atoms with Gasteiger partial charge in [-0.1, -0.05) is 65.9 Å². The molecule has 0 atom stereocenters. The van der Waals surface area contributed by atoms with Gasteiger partial charge in [0.25, 0.3) is 0 Å². The predicted molar refractivity (Wildman–Crippen MR) is 107 cm³/mol. The predicted octanol–water partition coefficient (Wildman–Crippen LogP) is 5.90. The molecule has 4 rings (SSSR count). The van der Waals surface area contributed by atoms with Crippen molar-refractivity contribution in [2.45, 2.75) is 18.4 Å². The summed E-state index contributed by atoms with van der Waals surface area (Å²) in [5, 5.41) is 0. The average Bonchev–Trinajstić information content (AvgIpc) is 2.97. The molecule has 0 radical (unpaired) electrons. The first-order valence-corrected chi connectivity index (χ1v) is 9.32. The molecule has 0 saturated heterocycles. The number of hydrogen-bond acceptors (Lipinski definition) is 3. The highest BCUT2D eigenvalue weighted by molar-refractivity contribution is 8.04. The maximum absolute atomic E-state index is 12.4. The van der Waals surface area contributed by atoms with E-state index in [1.54, 1.807) is 0 Å². The van der Waals surface area contributed by atoms with Gasteiger partial charge in [-0.3, -0.25) is 4.79 Å². The molecule has 0 aromatic heterocycles. The van der Waals surface area contributed by atoms with E-state index >= 15 is 0 Å². The normalized spacial score (nSPS) is 14.5. The number of ketones is 1. The van der Waals surface area contributed by atoms with E-state index in [1.165, 1.54) is 17.3 Å². The largest absolute Gasteiger partial charge is 0.489 e. The molecule has 0 bridgehead atoms. The lowest BCUT2D eigenvalue weighted by Gasteiger charge is -2.07. The Labute approximate surface area is 157 Å². The van der Waals surface area contributed by atoms with E-state index in [1.807, 2.05) is 60.7 Å². The number of thioether (sulfide) groups is 1. The summed E-state index contributed by atoms with van der Waals surface area (Å²) in [6.45, 7) is 2.62. The molecule has 0 saturated carbocycles. The van der Waals surface area contributed by atoms with Crippen molar-refractivity contribution in [1.29, 1.82) is 0 Å². The van der Waals surface area contributed by atoms with Crippen molar-refractivity contribution in [2.24, 2.45) is 0 Å². The second kappa shape index (κ2) is 7.22. The van der Waals surface area contributed by atoms with E-state index in [0.717, 1.165) is 32.2 Å². The lowest BCUT2D eigenvalue weighted by atomic mass is 10.1. The molecular formula is C23H18O2S. The number of hydrogen-bond donors (Lipinski definition) is 0. The third-order valence-corrected chi connectivity index (χ3v) is 5.34. The van der Waals surface area contributed by atoms with Gasteiger partial charge >= 0.3 is 0 Å². The molecule has 3 aromatic rings. The van der Waals surface area contributed by atoms with Crippen LogP contribution in [0.1, 0.15) is 27.0 Å². The Balaban J connectivity index is 1.44. The van der Waals surface area contributed by atoms with Gasteiger partial charge in [-0.05, 0) is 48.4 Å². The summed E-state index contributed by atoms with van der Waals surface area (Å²) in [6, 6.07) is 23.9. The zero-order valence-electron chi connectivity index (χ0n) is 14.4. The summed E-state index contributed by atoms with van der Waals surface area (Å²) < 4.78 is 5.85. The molecule has 0 aliphatic carbocycles. The van der Waals surface area contributed by atoms with Crippen LogP contribution in [-0.4, -0.2) is 5.78 Å². The Hall–Kier alpha value is -2.78. The molecule has 0 unspecified atom stereocenters. The monoisotopic (exact) mass is 358 g/mol. The van der Waals surface area contributed by atoms with Gasteiger partial charge < -0.3 is 4.74 Å². The number of allylic oxidation sites excluding steroid dienone is 1. The number of carbonyl (C=O) groups is 1. The zero-order valence-corrected chi connectivity index (χ0v) is 15.3. The Bertz CT molecular complexity index is 987. The van der Waals surface area contributed by atoms with Crippen LogP contribution in [0.4, 0.5) is 0 Å². The Morgan fingerprint density at radius 2 is 1.77 bits per heavy atom. The third kappa shape index (κ3) is 3.58. The first-order chi connectivity index (χ1) is 12.7. The molecule has 0 spiro atoms. The van der Waals surface area contributed by atoms with Crippen molar-refractivity contribution in [3.8, 4) is 5.75 Å². The lowest BCUT2D eigenvalue weighted by Crippen LogP contribution is -1.96. The Kier molecular flexibility index (Phi) is 4.63. The standard InChI is InChI=1S/C23H18O2S/c1-16-5-4-6-18(13-16)15-25-19-11-9-17(10-12-19)14-22-23(24)20-7-2-3-8-21(20)26-22/h2-14H,15H2,1H3/b22-14-. The van der Waals surface area contributed by atoms with Crippen LogP contribution in [0.3, 0.4) is 0 Å². The minimum atomic E-state index is 0.102. The number of Topliss-reactive ketones (excluding diaryl/α,β-unsaturated/α-hetero) is 1. The maximum atomic E-state index is 12.4. The zero-order chi connectivity index (χ0) is 17.9. The molecule has 26 heavy (non-hydrogen) atoms. The molecular weight excluding hydrogens is 340 g/mol. The van der Waals surface area contributed by atoms with Crippen molar-refractivity contribution < 1.29 is 9.53 Å². The Morgan fingerprint density at radius 3 is 2.54 bits per heavy atom. The number of aryl methyl sites for hydroxylation is 1. The summed E-state index contributed by atoms with van der Waals surface area (Å²) in [7, 11) is 0. The number of rotatable bonds is 4. The van der Waals surface area contributed by atoms with Crippen molar-refractivity contribution in [3.63, 3.8) is 0 Å². The van der Waals surface area contributed by atoms with Gasteiger partial charge in [0, 0.05) is 10.5 Å². The summed E-state index contributed by atoms with van der Waals surface area (Å²) in [4.78, 5) is 14.2. The average molecular weight is 358 g/mol. The molecule has 1 aliphatic rings. The molecule has 1 aliphatic heterocycles. The van der Waals surface area contributed by atoms with E-state index < -0.39 is 0 Å². The van der Waals surface area contributed by atoms with E-state index in [9.17, 15) is 4.79 Å². The fraction of sp³-hybridized carbons (Fsp3) is 0.0870. The van der Waals surface area contributed by atoms with Crippen molar-refractivity contribution >= 4 is 23.6 Å². The molecule has 3 heteroatoms. The molecule has 2 nitrogen and oxygen atoms in total. The summed E-state index contributed by atoms with van der Waals surface area (Å²) in [6.07, 6.45) is 1.94. The van der Waals surface area contributed by atoms with Crippen LogP contribution in [0, 0.1) is 6.92 Å². The molecule has 128 valence electrons. The summed E-state index contributed by atoms with van der Waals surface area (Å²) in [5.74, 6) is 0.924. The molecule has 0 fully saturated rings. The number of benzene rings is 3. The minimum absolute atomic E-state index is 0.102. The highest BCUT2D eigenvalue weighted by atomic mass is 32.2. The van der Waals surface area contributed by atoms with Crippen molar-refractivity contribution in [1.82, 2.24) is 0 Å². The summed E-state index contributed by atoms with van der Waals surface area (Å²) in [5.41, 5.74) is 4.17. The fourth-order valence-corrected chi connectivity index (χ4v) is 3.97. The SMILES string of the molecule is Cc1cccc(COc2ccc(/C=C3\Sc4ccccc4C3=O)cc2)c1. The number of fused-ring (bicyclic) bond motifs is 1. The van der Waals surface area contributed by atoms with Crippen LogP contribution in [0.25, 0.3) is 6.08 Å². The molecule has 0 N–H and O–H groups in total. The topological polar surface area (TPSA) is 26.3 Å². The summed E-state index contributed by atoms with van der Waals surface area (Å²) >= 11 is 1.53. The van der Waals surface area contributed by atoms with Crippen LogP contribution in [0.15, 0.2) is 82.6 Å². The minimum Gasteiger partial charge on any atom is -0.489 e. The third-order valence-electron chi connectivity index (χ3n) is 4.24. The van der Waals surface area contributed by atoms with Gasteiger partial charge in [-0.25, -0.2) is 0 Å². The quantitative estimate of drug-likeness (QED) is 0.543. The van der Waals surface area contributed by atoms with Crippen LogP contribution in [0.2, 0.25) is 0 Å². The highest BCUT2D eigenvalue weighted by Crippen LogP contribution is 2.40. The molecule has 3 aromatic carbocycles. The van der Waals surface area contributed by atoms with Gasteiger partial charge in [0.05, 0.1) is 4.91 Å². The Morgan fingerprint density at radius 1 is 0.962 bits per heavy atom. The lowest BCUT2D eigenvalue weighted by molar-refractivity contribution is 0.104. The van der Waals surface area contributed by atoms with Crippen molar-refractivity contribution in [2.75, 3.05) is 0 Å². The van der Waals surface area contributed by atoms with Gasteiger partial charge in [-0.2, -0.15) is 0 Å². The number of carbonyl (C=O) groups excluding carboxylic acids is 1. The first kappa shape index (κ1) is 16.7. The second-order valence-corrected chi connectivity index (χ2v) is 7.37. The molecule has 1 heterocycles. The molecule has 0 amide bonds. The van der Waals surface area contributed by atoms with E-state index in [-0.39, 0.29) is 5.78 Å². The smallest absolute Gasteiger partial charge is 0.200 e. The van der Waals surface area contributed by atoms with Gasteiger partial charge in [0.2, 0.25) is 5.78 Å². The van der Waals surface area contributed by atoms with Crippen LogP contribution < -0.4 is 4.74 Å². The van der Waals surface area contributed by atoms with E-state index in [0.29, 0.717) is 6.61 Å². The highest BCUT2D eigenvalue weighted by Gasteiger charge is 2.24. The van der Waals surface area contributed by atoms with Gasteiger partial charge in [-0.15, -0.1) is 0 Å². The van der Waals surface area contributed by atoms with Gasteiger partial charge in [0.1, 0.15) is 12.4 Å². The van der Waals surface area contributed by atoms with E-state index in [2.05, 4.69) is 25.1 Å². The van der Waals surface area contributed by atoms with E-state index in [4.69, 9.17) is 4.74 Å².